The average molecular weight is 773 g/mol. The average Bonchev–Trinajstić information content (AvgIpc) is 3.90. The first-order valence-corrected chi connectivity index (χ1v) is 21.5. The van der Waals surface area contributed by atoms with Crippen molar-refractivity contribution in [3.8, 4) is 22.3 Å². The molecule has 2 unspecified atom stereocenters. The zero-order chi connectivity index (χ0) is 39.1. The highest BCUT2D eigenvalue weighted by Crippen LogP contribution is 2.65. The zero-order valence-corrected chi connectivity index (χ0v) is 33.5. The maximum absolute atomic E-state index is 3.86. The minimum atomic E-state index is -0.495. The van der Waals surface area contributed by atoms with Crippen LogP contribution in [0.5, 0.6) is 0 Å². The second kappa shape index (κ2) is 13.3. The van der Waals surface area contributed by atoms with E-state index in [1.165, 1.54) is 87.2 Å². The van der Waals surface area contributed by atoms with Crippen molar-refractivity contribution in [2.45, 2.75) is 24.7 Å². The van der Waals surface area contributed by atoms with Gasteiger partial charge in [-0.25, -0.2) is 0 Å². The van der Waals surface area contributed by atoms with Crippen LogP contribution in [0.15, 0.2) is 200 Å². The number of fused-ring (bicyclic) bond motifs is 14. The second-order valence-corrected chi connectivity index (χ2v) is 17.1. The summed E-state index contributed by atoms with van der Waals surface area (Å²) in [4.78, 5) is 2.49. The number of allylic oxidation sites excluding steroid dienone is 4. The number of nitrogens with zero attached hydrogens (tertiary/aromatic N) is 1. The van der Waals surface area contributed by atoms with Crippen molar-refractivity contribution >= 4 is 59.9 Å². The van der Waals surface area contributed by atoms with Gasteiger partial charge in [-0.15, -0.1) is 11.3 Å². The van der Waals surface area contributed by atoms with Crippen molar-refractivity contribution in [1.29, 1.82) is 0 Å². The van der Waals surface area contributed by atoms with E-state index in [9.17, 15) is 0 Å². The smallest absolute Gasteiger partial charge is 0.0727 e. The van der Waals surface area contributed by atoms with E-state index in [1.54, 1.807) is 0 Å². The van der Waals surface area contributed by atoms with Gasteiger partial charge in [-0.3, -0.25) is 0 Å². The number of hydrogen-bond acceptors (Lipinski definition) is 3. The molecule has 3 aliphatic carbocycles. The van der Waals surface area contributed by atoms with Crippen LogP contribution >= 0.6 is 11.3 Å². The molecular formula is C56H40N2S. The first kappa shape index (κ1) is 34.1. The molecule has 9 aromatic rings. The van der Waals surface area contributed by atoms with E-state index in [4.69, 9.17) is 0 Å². The fourth-order valence-corrected chi connectivity index (χ4v) is 11.4. The zero-order valence-electron chi connectivity index (χ0n) is 32.7. The molecule has 3 heteroatoms. The lowest BCUT2D eigenvalue weighted by atomic mass is 9.70. The highest BCUT2D eigenvalue weighted by Gasteiger charge is 2.52. The molecule has 0 saturated heterocycles. The summed E-state index contributed by atoms with van der Waals surface area (Å²) in [6, 6.07) is 65.8. The Hall–Kier alpha value is -6.94. The number of nitrogens with one attached hydrogen (secondary N) is 1. The Kier molecular flexibility index (Phi) is 7.70. The molecule has 0 saturated carbocycles. The summed E-state index contributed by atoms with van der Waals surface area (Å²) >= 11 is 1.86. The third kappa shape index (κ3) is 5.05. The van der Waals surface area contributed by atoms with Crippen molar-refractivity contribution in [3.63, 3.8) is 0 Å². The Balaban J connectivity index is 1.05. The van der Waals surface area contributed by atoms with Crippen LogP contribution in [0.1, 0.15) is 46.2 Å². The number of para-hydroxylation sites is 1. The molecule has 1 aromatic heterocycles. The van der Waals surface area contributed by atoms with E-state index in [2.05, 4.69) is 217 Å². The number of rotatable bonds is 7. The molecule has 0 radical (unpaired) electrons. The molecule has 0 bridgehead atoms. The SMILES string of the molecule is C/C=C\C=C/C1Cc2ccc(N(c3ccccc3)c3cccc4c3-c3ccccc3C43c4ccccc4-c4ccc(Nc5ccc6sc7ccccc7c6c5)cc43)cc21. The van der Waals surface area contributed by atoms with Gasteiger partial charge in [0.25, 0.3) is 0 Å². The van der Waals surface area contributed by atoms with Crippen LogP contribution in [-0.2, 0) is 11.8 Å². The Morgan fingerprint density at radius 1 is 0.559 bits per heavy atom. The Morgan fingerprint density at radius 2 is 1.27 bits per heavy atom. The molecule has 1 N–H and O–H groups in total. The summed E-state index contributed by atoms with van der Waals surface area (Å²) in [7, 11) is 0. The monoisotopic (exact) mass is 772 g/mol. The number of thiophene rings is 1. The Bertz CT molecular complexity index is 3210. The summed E-state index contributed by atoms with van der Waals surface area (Å²) < 4.78 is 2.63. The summed E-state index contributed by atoms with van der Waals surface area (Å²) in [6.07, 6.45) is 9.84. The predicted octanol–water partition coefficient (Wildman–Crippen LogP) is 15.4. The third-order valence-electron chi connectivity index (χ3n) is 12.9. The highest BCUT2D eigenvalue weighted by molar-refractivity contribution is 7.25. The van der Waals surface area contributed by atoms with Crippen LogP contribution in [0.4, 0.5) is 28.4 Å². The first-order valence-electron chi connectivity index (χ1n) is 20.6. The molecule has 12 rings (SSSR count). The van der Waals surface area contributed by atoms with Gasteiger partial charge < -0.3 is 10.2 Å². The van der Waals surface area contributed by atoms with Gasteiger partial charge in [-0.05, 0) is 130 Å². The molecule has 0 amide bonds. The minimum Gasteiger partial charge on any atom is -0.355 e. The molecule has 1 heterocycles. The largest absolute Gasteiger partial charge is 0.355 e. The fourth-order valence-electron chi connectivity index (χ4n) is 10.4. The number of anilines is 5. The van der Waals surface area contributed by atoms with Gasteiger partial charge in [0, 0.05) is 54.4 Å². The van der Waals surface area contributed by atoms with Crippen molar-refractivity contribution in [3.05, 3.63) is 234 Å². The van der Waals surface area contributed by atoms with Crippen molar-refractivity contribution in [2.75, 3.05) is 10.2 Å². The fraction of sp³-hybridized carbons (Fsp3) is 0.0714. The standard InChI is InChI=1S/C56H40N2S/c1-2-3-5-15-36-32-37-26-29-41(35-46(36)37)58(40-16-6-4-7-17-40)52-24-14-23-50-55(52)45-20-9-12-22-49(45)56(50)48-21-11-8-18-42(48)43-30-27-39(34-51(43)56)57-38-28-31-54-47(33-38)44-19-10-13-25-53(44)59-54/h2-31,33-36,57H,32H2,1H3/b3-2-,15-5-. The lowest BCUT2D eigenvalue weighted by Gasteiger charge is -2.33. The molecule has 2 atom stereocenters. The quantitative estimate of drug-likeness (QED) is 0.162. The van der Waals surface area contributed by atoms with Gasteiger partial charge in [-0.2, -0.15) is 0 Å². The minimum absolute atomic E-state index is 0.421. The Labute approximate surface area is 349 Å². The summed E-state index contributed by atoms with van der Waals surface area (Å²) in [6.45, 7) is 2.07. The van der Waals surface area contributed by atoms with Gasteiger partial charge in [-0.1, -0.05) is 133 Å². The second-order valence-electron chi connectivity index (χ2n) is 16.0. The van der Waals surface area contributed by atoms with Gasteiger partial charge in [0.05, 0.1) is 11.1 Å². The van der Waals surface area contributed by atoms with E-state index >= 15 is 0 Å². The van der Waals surface area contributed by atoms with Gasteiger partial charge >= 0.3 is 0 Å². The van der Waals surface area contributed by atoms with Crippen LogP contribution in [0, 0.1) is 0 Å². The normalized spacial score (nSPS) is 16.9. The maximum atomic E-state index is 3.86. The molecule has 0 aliphatic heterocycles. The van der Waals surface area contributed by atoms with Crippen LogP contribution in [0.3, 0.4) is 0 Å². The molecule has 3 aliphatic rings. The predicted molar refractivity (Wildman–Crippen MR) is 250 cm³/mol. The molecule has 2 nitrogen and oxygen atoms in total. The van der Waals surface area contributed by atoms with Gasteiger partial charge in [0.2, 0.25) is 0 Å². The van der Waals surface area contributed by atoms with E-state index in [0.29, 0.717) is 5.92 Å². The summed E-state index contributed by atoms with van der Waals surface area (Å²) in [5, 5.41) is 6.46. The van der Waals surface area contributed by atoms with E-state index < -0.39 is 5.41 Å². The van der Waals surface area contributed by atoms with E-state index in [1.807, 2.05) is 11.3 Å². The maximum Gasteiger partial charge on any atom is 0.0727 e. The molecular weight excluding hydrogens is 733 g/mol. The van der Waals surface area contributed by atoms with Crippen LogP contribution in [0.2, 0.25) is 0 Å². The Morgan fingerprint density at radius 3 is 2.15 bits per heavy atom. The molecule has 280 valence electrons. The van der Waals surface area contributed by atoms with Crippen LogP contribution in [-0.4, -0.2) is 0 Å². The summed E-state index contributed by atoms with van der Waals surface area (Å²) in [5.74, 6) is 0.421. The van der Waals surface area contributed by atoms with Gasteiger partial charge in [0.1, 0.15) is 0 Å². The van der Waals surface area contributed by atoms with Crippen molar-refractivity contribution in [2.24, 2.45) is 0 Å². The van der Waals surface area contributed by atoms with Crippen LogP contribution < -0.4 is 10.2 Å². The van der Waals surface area contributed by atoms with Crippen molar-refractivity contribution in [1.82, 2.24) is 0 Å². The van der Waals surface area contributed by atoms with Gasteiger partial charge in [0.15, 0.2) is 0 Å². The molecule has 59 heavy (non-hydrogen) atoms. The lowest BCUT2D eigenvalue weighted by Crippen LogP contribution is -2.26. The summed E-state index contributed by atoms with van der Waals surface area (Å²) in [5.41, 5.74) is 18.5. The number of benzene rings is 8. The molecule has 0 fully saturated rings. The van der Waals surface area contributed by atoms with Crippen LogP contribution in [0.25, 0.3) is 42.4 Å². The molecule has 1 spiro atoms. The van der Waals surface area contributed by atoms with Crippen molar-refractivity contribution < 1.29 is 0 Å². The topological polar surface area (TPSA) is 15.3 Å². The molecule has 8 aromatic carbocycles. The number of hydrogen-bond donors (Lipinski definition) is 1. The van der Waals surface area contributed by atoms with E-state index in [-0.39, 0.29) is 0 Å². The van der Waals surface area contributed by atoms with E-state index in [0.717, 1.165) is 23.5 Å². The highest BCUT2D eigenvalue weighted by atomic mass is 32.1. The third-order valence-corrected chi connectivity index (χ3v) is 14.0. The first-order chi connectivity index (χ1) is 29.2. The lowest BCUT2D eigenvalue weighted by molar-refractivity contribution is 0.732.